The summed E-state index contributed by atoms with van der Waals surface area (Å²) in [5.74, 6) is 0.473. The molecule has 1 aliphatic rings. The summed E-state index contributed by atoms with van der Waals surface area (Å²) in [4.78, 5) is 14.1. The molecule has 0 bridgehead atoms. The second-order valence-electron chi connectivity index (χ2n) is 6.44. The summed E-state index contributed by atoms with van der Waals surface area (Å²) in [5.41, 5.74) is 0.927. The van der Waals surface area contributed by atoms with Crippen LogP contribution in [-0.2, 0) is 4.79 Å². The topological polar surface area (TPSA) is 49.8 Å². The number of likely N-dealkylation sites (tertiary alicyclic amines) is 1. The summed E-state index contributed by atoms with van der Waals surface area (Å²) in [6.45, 7) is 1.14. The minimum absolute atomic E-state index is 0.0774. The fourth-order valence-electron chi connectivity index (χ4n) is 3.21. The molecule has 26 heavy (non-hydrogen) atoms. The molecule has 2 aromatic rings. The lowest BCUT2D eigenvalue weighted by atomic mass is 9.87. The van der Waals surface area contributed by atoms with Crippen LogP contribution in [0.5, 0.6) is 5.75 Å². The smallest absolute Gasteiger partial charge is 0.260 e. The van der Waals surface area contributed by atoms with Crippen LogP contribution in [0.1, 0.15) is 24.5 Å². The average molecular weight is 394 g/mol. The predicted octanol–water partition coefficient (Wildman–Crippen LogP) is 4.34. The molecule has 1 saturated heterocycles. The van der Waals surface area contributed by atoms with Gasteiger partial charge in [-0.3, -0.25) is 4.79 Å². The minimum Gasteiger partial charge on any atom is -0.482 e. The van der Waals surface area contributed by atoms with Crippen molar-refractivity contribution in [2.45, 2.75) is 18.9 Å². The monoisotopic (exact) mass is 393 g/mol. The van der Waals surface area contributed by atoms with Crippen molar-refractivity contribution in [1.29, 1.82) is 0 Å². The third-order valence-electron chi connectivity index (χ3n) is 4.72. The molecule has 1 unspecified atom stereocenters. The SMILES string of the molecule is O=C(COc1cc(Cl)ccc1Cl)N1CCC(C(O)c2ccccc2)CC1. The quantitative estimate of drug-likeness (QED) is 0.821. The molecule has 138 valence electrons. The van der Waals surface area contributed by atoms with E-state index in [0.29, 0.717) is 28.9 Å². The standard InChI is InChI=1S/C20H21Cl2NO3/c21-16-6-7-17(22)18(12-16)26-13-19(24)23-10-8-15(9-11-23)20(25)14-4-2-1-3-5-14/h1-7,12,15,20,25H,8-11,13H2. The molecule has 1 amide bonds. The first-order valence-corrected chi connectivity index (χ1v) is 9.39. The van der Waals surface area contributed by atoms with Crippen molar-refractivity contribution in [2.75, 3.05) is 19.7 Å². The van der Waals surface area contributed by atoms with Gasteiger partial charge in [-0.25, -0.2) is 0 Å². The maximum Gasteiger partial charge on any atom is 0.260 e. The van der Waals surface area contributed by atoms with Crippen molar-refractivity contribution < 1.29 is 14.6 Å². The van der Waals surface area contributed by atoms with Crippen LogP contribution >= 0.6 is 23.2 Å². The van der Waals surface area contributed by atoms with Gasteiger partial charge in [0, 0.05) is 24.2 Å². The highest BCUT2D eigenvalue weighted by Gasteiger charge is 2.28. The van der Waals surface area contributed by atoms with E-state index in [0.717, 1.165) is 18.4 Å². The minimum atomic E-state index is -0.491. The lowest BCUT2D eigenvalue weighted by Crippen LogP contribution is -2.42. The number of hydrogen-bond donors (Lipinski definition) is 1. The van der Waals surface area contributed by atoms with Crippen molar-refractivity contribution in [2.24, 2.45) is 5.92 Å². The highest BCUT2D eigenvalue weighted by atomic mass is 35.5. The highest BCUT2D eigenvalue weighted by Crippen LogP contribution is 2.31. The van der Waals surface area contributed by atoms with E-state index in [-0.39, 0.29) is 18.4 Å². The number of ether oxygens (including phenoxy) is 1. The Hall–Kier alpha value is -1.75. The van der Waals surface area contributed by atoms with Gasteiger partial charge in [-0.05, 0) is 36.5 Å². The molecule has 1 fully saturated rings. The Morgan fingerprint density at radius 3 is 2.54 bits per heavy atom. The van der Waals surface area contributed by atoms with Crippen LogP contribution in [0, 0.1) is 5.92 Å². The first kappa shape index (κ1) is 19.0. The maximum atomic E-state index is 12.4. The summed E-state index contributed by atoms with van der Waals surface area (Å²) in [5, 5.41) is 11.5. The van der Waals surface area contributed by atoms with Crippen LogP contribution in [0.15, 0.2) is 48.5 Å². The molecule has 1 N–H and O–H groups in total. The summed E-state index contributed by atoms with van der Waals surface area (Å²) in [6, 6.07) is 14.6. The van der Waals surface area contributed by atoms with Crippen LogP contribution < -0.4 is 4.74 Å². The molecule has 1 heterocycles. The third kappa shape index (κ3) is 4.70. The van der Waals surface area contributed by atoms with Crippen LogP contribution in [0.25, 0.3) is 0 Å². The van der Waals surface area contributed by atoms with Crippen molar-refractivity contribution in [3.8, 4) is 5.75 Å². The normalized spacial score (nSPS) is 16.3. The van der Waals surface area contributed by atoms with Crippen molar-refractivity contribution >= 4 is 29.1 Å². The second-order valence-corrected chi connectivity index (χ2v) is 7.28. The number of rotatable bonds is 5. The number of aliphatic hydroxyl groups excluding tert-OH is 1. The van der Waals surface area contributed by atoms with Gasteiger partial charge in [-0.1, -0.05) is 53.5 Å². The molecule has 1 atom stereocenters. The second kappa shape index (κ2) is 8.76. The Labute approximate surface area is 163 Å². The third-order valence-corrected chi connectivity index (χ3v) is 5.27. The lowest BCUT2D eigenvalue weighted by molar-refractivity contribution is -0.135. The molecule has 0 spiro atoms. The van der Waals surface area contributed by atoms with Crippen LogP contribution in [0.3, 0.4) is 0 Å². The molecule has 0 saturated carbocycles. The molecular weight excluding hydrogens is 373 g/mol. The Morgan fingerprint density at radius 2 is 1.85 bits per heavy atom. The van der Waals surface area contributed by atoms with Crippen LogP contribution in [0.4, 0.5) is 0 Å². The first-order valence-electron chi connectivity index (χ1n) is 8.63. The Balaban J connectivity index is 1.50. The largest absolute Gasteiger partial charge is 0.482 e. The van der Waals surface area contributed by atoms with E-state index in [2.05, 4.69) is 0 Å². The molecule has 2 aromatic carbocycles. The Kier molecular flexibility index (Phi) is 6.41. The van der Waals surface area contributed by atoms with Gasteiger partial charge in [0.25, 0.3) is 5.91 Å². The zero-order chi connectivity index (χ0) is 18.5. The van der Waals surface area contributed by atoms with Crippen LogP contribution in [0.2, 0.25) is 10.0 Å². The molecule has 0 aromatic heterocycles. The molecule has 3 rings (SSSR count). The highest BCUT2D eigenvalue weighted by molar-refractivity contribution is 6.34. The van der Waals surface area contributed by atoms with E-state index in [1.54, 1.807) is 23.1 Å². The van der Waals surface area contributed by atoms with Gasteiger partial charge in [0.2, 0.25) is 0 Å². The maximum absolute atomic E-state index is 12.4. The van der Waals surface area contributed by atoms with Gasteiger partial charge >= 0.3 is 0 Å². The molecule has 1 aliphatic heterocycles. The number of amides is 1. The zero-order valence-electron chi connectivity index (χ0n) is 14.3. The molecule has 0 aliphatic carbocycles. The number of carbonyl (C=O) groups excluding carboxylic acids is 1. The fraction of sp³-hybridized carbons (Fsp3) is 0.350. The van der Waals surface area contributed by atoms with Crippen molar-refractivity contribution in [1.82, 2.24) is 4.90 Å². The number of aliphatic hydroxyl groups is 1. The summed E-state index contributed by atoms with van der Waals surface area (Å²) >= 11 is 12.0. The fourth-order valence-corrected chi connectivity index (χ4v) is 3.54. The molecule has 6 heteroatoms. The first-order chi connectivity index (χ1) is 12.5. The number of piperidine rings is 1. The summed E-state index contributed by atoms with van der Waals surface area (Å²) in [7, 11) is 0. The van der Waals surface area contributed by atoms with Crippen molar-refractivity contribution in [3.63, 3.8) is 0 Å². The van der Waals surface area contributed by atoms with E-state index in [4.69, 9.17) is 27.9 Å². The van der Waals surface area contributed by atoms with E-state index >= 15 is 0 Å². The summed E-state index contributed by atoms with van der Waals surface area (Å²) in [6.07, 6.45) is 1.04. The van der Waals surface area contributed by atoms with E-state index in [1.165, 1.54) is 0 Å². The van der Waals surface area contributed by atoms with Gasteiger partial charge in [-0.15, -0.1) is 0 Å². The van der Waals surface area contributed by atoms with E-state index in [1.807, 2.05) is 30.3 Å². The number of nitrogens with zero attached hydrogens (tertiary/aromatic N) is 1. The van der Waals surface area contributed by atoms with Gasteiger partial charge in [0.1, 0.15) is 5.75 Å². The molecule has 0 radical (unpaired) electrons. The zero-order valence-corrected chi connectivity index (χ0v) is 15.8. The van der Waals surface area contributed by atoms with Gasteiger partial charge in [-0.2, -0.15) is 0 Å². The lowest BCUT2D eigenvalue weighted by Gasteiger charge is -2.34. The Morgan fingerprint density at radius 1 is 1.15 bits per heavy atom. The van der Waals surface area contributed by atoms with Gasteiger partial charge in [0.05, 0.1) is 11.1 Å². The number of halogens is 2. The Bertz CT molecular complexity index is 746. The number of carbonyl (C=O) groups is 1. The average Bonchev–Trinajstić information content (AvgIpc) is 2.68. The van der Waals surface area contributed by atoms with E-state index < -0.39 is 6.10 Å². The predicted molar refractivity (Wildman–Crippen MR) is 103 cm³/mol. The van der Waals surface area contributed by atoms with Gasteiger partial charge in [0.15, 0.2) is 6.61 Å². The molecular formula is C20H21Cl2NO3. The summed E-state index contributed by atoms with van der Waals surface area (Å²) < 4.78 is 5.52. The van der Waals surface area contributed by atoms with Crippen molar-refractivity contribution in [3.05, 3.63) is 64.1 Å². The molecule has 4 nitrogen and oxygen atoms in total. The number of hydrogen-bond acceptors (Lipinski definition) is 3. The van der Waals surface area contributed by atoms with Crippen LogP contribution in [-0.4, -0.2) is 35.6 Å². The number of benzene rings is 2. The van der Waals surface area contributed by atoms with Gasteiger partial charge < -0.3 is 14.7 Å². The van der Waals surface area contributed by atoms with E-state index in [9.17, 15) is 9.90 Å².